The minimum atomic E-state index is -0.405. The Hall–Kier alpha value is -2.14. The molecule has 1 aromatic carbocycles. The van der Waals surface area contributed by atoms with Gasteiger partial charge in [-0.1, -0.05) is 12.1 Å². The normalized spacial score (nSPS) is 11.0. The summed E-state index contributed by atoms with van der Waals surface area (Å²) in [7, 11) is 0. The second kappa shape index (κ2) is 3.93. The minimum Gasteiger partial charge on any atom is -0.437 e. The molecule has 0 saturated carbocycles. The zero-order valence-corrected chi connectivity index (χ0v) is 7.81. The maximum Gasteiger partial charge on any atom is 0.258 e. The number of rotatable bonds is 2. The molecule has 2 aromatic rings. The van der Waals surface area contributed by atoms with Crippen LogP contribution in [0, 0.1) is 0 Å². The van der Waals surface area contributed by atoms with Crippen LogP contribution in [0.2, 0.25) is 0 Å². The molecule has 5 nitrogen and oxygen atoms in total. The number of amides is 1. The van der Waals surface area contributed by atoms with Gasteiger partial charge in [-0.2, -0.15) is 0 Å². The van der Waals surface area contributed by atoms with Crippen molar-refractivity contribution in [2.45, 2.75) is 0 Å². The highest BCUT2D eigenvalue weighted by molar-refractivity contribution is 5.91. The molecule has 0 radical (unpaired) electrons. The Labute approximate surface area is 85.6 Å². The number of aromatic nitrogens is 1. The molecule has 0 bridgehead atoms. The maximum atomic E-state index is 10.8. The van der Waals surface area contributed by atoms with Gasteiger partial charge in [-0.3, -0.25) is 10.2 Å². The highest BCUT2D eigenvalue weighted by atomic mass is 16.3. The van der Waals surface area contributed by atoms with Gasteiger partial charge in [0.2, 0.25) is 5.89 Å². The molecule has 0 aliphatic carbocycles. The van der Waals surface area contributed by atoms with Gasteiger partial charge in [0.1, 0.15) is 5.52 Å². The number of hydrazine groups is 1. The molecule has 76 valence electrons. The quantitative estimate of drug-likeness (QED) is 0.328. The van der Waals surface area contributed by atoms with E-state index in [2.05, 4.69) is 4.98 Å². The molecule has 0 fully saturated rings. The second-order valence-corrected chi connectivity index (χ2v) is 2.86. The monoisotopic (exact) mass is 203 g/mol. The fourth-order valence-electron chi connectivity index (χ4n) is 1.16. The topological polar surface area (TPSA) is 81.1 Å². The summed E-state index contributed by atoms with van der Waals surface area (Å²) in [6, 6.07) is 7.36. The predicted octanol–water partition coefficient (Wildman–Crippen LogP) is 0.831. The Morgan fingerprint density at radius 1 is 1.47 bits per heavy atom. The standard InChI is InChI=1S/C10H9N3O2/c11-13-9(14)5-6-10-12-7-3-1-2-4-8(7)15-10/h1-6H,11H2,(H,13,14)/b6-5+. The lowest BCUT2D eigenvalue weighted by Gasteiger charge is -1.86. The van der Waals surface area contributed by atoms with Gasteiger partial charge in [0.05, 0.1) is 0 Å². The van der Waals surface area contributed by atoms with Crippen molar-refractivity contribution in [3.05, 3.63) is 36.2 Å². The average Bonchev–Trinajstić information content (AvgIpc) is 2.68. The number of nitrogens with two attached hydrogens (primary N) is 1. The predicted molar refractivity (Wildman–Crippen MR) is 55.4 cm³/mol. The van der Waals surface area contributed by atoms with Crippen molar-refractivity contribution in [2.75, 3.05) is 0 Å². The molecule has 0 aliphatic heterocycles. The van der Waals surface area contributed by atoms with Crippen LogP contribution in [0.15, 0.2) is 34.8 Å². The van der Waals surface area contributed by atoms with Gasteiger partial charge in [0.15, 0.2) is 5.58 Å². The van der Waals surface area contributed by atoms with Gasteiger partial charge in [0, 0.05) is 12.2 Å². The van der Waals surface area contributed by atoms with Crippen molar-refractivity contribution in [3.8, 4) is 0 Å². The number of fused-ring (bicyclic) bond motifs is 1. The first-order valence-corrected chi connectivity index (χ1v) is 4.34. The summed E-state index contributed by atoms with van der Waals surface area (Å²) in [5.41, 5.74) is 3.41. The number of hydrogen-bond donors (Lipinski definition) is 2. The molecule has 0 aliphatic rings. The van der Waals surface area contributed by atoms with Gasteiger partial charge in [-0.25, -0.2) is 10.8 Å². The Morgan fingerprint density at radius 2 is 2.27 bits per heavy atom. The summed E-state index contributed by atoms with van der Waals surface area (Å²) >= 11 is 0. The zero-order valence-electron chi connectivity index (χ0n) is 7.81. The van der Waals surface area contributed by atoms with Crippen LogP contribution < -0.4 is 11.3 Å². The van der Waals surface area contributed by atoms with Crippen LogP contribution in [-0.2, 0) is 4.79 Å². The Bertz CT molecular complexity index is 483. The number of para-hydroxylation sites is 2. The molecule has 1 aromatic heterocycles. The first-order chi connectivity index (χ1) is 7.29. The number of benzene rings is 1. The third kappa shape index (κ3) is 2.03. The molecule has 1 amide bonds. The van der Waals surface area contributed by atoms with Gasteiger partial charge in [-0.05, 0) is 12.1 Å². The van der Waals surface area contributed by atoms with Crippen molar-refractivity contribution >= 4 is 23.1 Å². The molecular weight excluding hydrogens is 194 g/mol. The van der Waals surface area contributed by atoms with Gasteiger partial charge in [0.25, 0.3) is 5.91 Å². The van der Waals surface area contributed by atoms with E-state index in [4.69, 9.17) is 10.3 Å². The lowest BCUT2D eigenvalue weighted by atomic mass is 10.3. The van der Waals surface area contributed by atoms with Gasteiger partial charge >= 0.3 is 0 Å². The lowest BCUT2D eigenvalue weighted by molar-refractivity contribution is -0.116. The minimum absolute atomic E-state index is 0.375. The summed E-state index contributed by atoms with van der Waals surface area (Å²) < 4.78 is 5.34. The third-order valence-electron chi connectivity index (χ3n) is 1.83. The van der Waals surface area contributed by atoms with Crippen molar-refractivity contribution in [3.63, 3.8) is 0 Å². The van der Waals surface area contributed by atoms with Gasteiger partial charge in [-0.15, -0.1) is 0 Å². The molecule has 5 heteroatoms. The van der Waals surface area contributed by atoms with Crippen LogP contribution >= 0.6 is 0 Å². The summed E-state index contributed by atoms with van der Waals surface area (Å²) in [4.78, 5) is 15.0. The van der Waals surface area contributed by atoms with Crippen LogP contribution in [0.5, 0.6) is 0 Å². The Kier molecular flexibility index (Phi) is 2.47. The molecule has 0 unspecified atom stereocenters. The molecule has 3 N–H and O–H groups in total. The number of nitrogens with one attached hydrogen (secondary N) is 1. The van der Waals surface area contributed by atoms with Gasteiger partial charge < -0.3 is 4.42 Å². The maximum absolute atomic E-state index is 10.8. The fraction of sp³-hybridized carbons (Fsp3) is 0. The van der Waals surface area contributed by atoms with Crippen molar-refractivity contribution in [1.82, 2.24) is 10.4 Å². The van der Waals surface area contributed by atoms with E-state index in [0.29, 0.717) is 11.5 Å². The molecule has 15 heavy (non-hydrogen) atoms. The molecule has 1 heterocycles. The van der Waals surface area contributed by atoms with E-state index in [1.807, 2.05) is 29.7 Å². The summed E-state index contributed by atoms with van der Waals surface area (Å²) in [6.07, 6.45) is 2.72. The van der Waals surface area contributed by atoms with E-state index in [9.17, 15) is 4.79 Å². The van der Waals surface area contributed by atoms with Crippen LogP contribution in [0.4, 0.5) is 0 Å². The Balaban J connectivity index is 2.29. The smallest absolute Gasteiger partial charge is 0.258 e. The highest BCUT2D eigenvalue weighted by Gasteiger charge is 2.01. The first kappa shape index (κ1) is 9.42. The van der Waals surface area contributed by atoms with Crippen LogP contribution in [0.3, 0.4) is 0 Å². The van der Waals surface area contributed by atoms with Crippen LogP contribution in [0.25, 0.3) is 17.2 Å². The van der Waals surface area contributed by atoms with E-state index in [-0.39, 0.29) is 0 Å². The van der Waals surface area contributed by atoms with E-state index in [1.165, 1.54) is 12.2 Å². The van der Waals surface area contributed by atoms with Crippen LogP contribution in [0.1, 0.15) is 5.89 Å². The number of oxazole rings is 1. The number of hydrogen-bond acceptors (Lipinski definition) is 4. The summed E-state index contributed by atoms with van der Waals surface area (Å²) in [6.45, 7) is 0. The largest absolute Gasteiger partial charge is 0.437 e. The molecule has 2 rings (SSSR count). The number of carbonyl (C=O) groups is 1. The summed E-state index contributed by atoms with van der Waals surface area (Å²) in [5.74, 6) is 4.88. The van der Waals surface area contributed by atoms with Crippen molar-refractivity contribution < 1.29 is 9.21 Å². The molecule has 0 spiro atoms. The average molecular weight is 203 g/mol. The molecule has 0 atom stereocenters. The highest BCUT2D eigenvalue weighted by Crippen LogP contribution is 2.15. The SMILES string of the molecule is NNC(=O)/C=C/c1nc2ccccc2o1. The van der Waals surface area contributed by atoms with Crippen LogP contribution in [-0.4, -0.2) is 10.9 Å². The van der Waals surface area contributed by atoms with Crippen molar-refractivity contribution in [1.29, 1.82) is 0 Å². The number of carbonyl (C=O) groups excluding carboxylic acids is 1. The number of nitrogens with zero attached hydrogens (tertiary/aromatic N) is 1. The molecule has 0 saturated heterocycles. The summed E-state index contributed by atoms with van der Waals surface area (Å²) in [5, 5.41) is 0. The molecular formula is C10H9N3O2. The van der Waals surface area contributed by atoms with E-state index in [0.717, 1.165) is 5.52 Å². The van der Waals surface area contributed by atoms with E-state index >= 15 is 0 Å². The second-order valence-electron chi connectivity index (χ2n) is 2.86. The Morgan fingerprint density at radius 3 is 3.00 bits per heavy atom. The van der Waals surface area contributed by atoms with E-state index < -0.39 is 5.91 Å². The fourth-order valence-corrected chi connectivity index (χ4v) is 1.16. The van der Waals surface area contributed by atoms with Crippen molar-refractivity contribution in [2.24, 2.45) is 5.84 Å². The van der Waals surface area contributed by atoms with E-state index in [1.54, 1.807) is 0 Å². The lowest BCUT2D eigenvalue weighted by Crippen LogP contribution is -2.27. The first-order valence-electron chi connectivity index (χ1n) is 4.34. The zero-order chi connectivity index (χ0) is 10.7. The third-order valence-corrected chi connectivity index (χ3v) is 1.83.